The Labute approximate surface area is 425 Å². The van der Waals surface area contributed by atoms with E-state index >= 15 is 0 Å². The minimum atomic E-state index is -3.81. The number of hydrogen-bond donors (Lipinski definition) is 4. The second kappa shape index (κ2) is 21.1. The summed E-state index contributed by atoms with van der Waals surface area (Å²) in [4.78, 5) is 35.4. The fraction of sp³-hybridized carbons (Fsp3) is 0.0435. The van der Waals surface area contributed by atoms with E-state index in [1.807, 2.05) is 18.2 Å². The van der Waals surface area contributed by atoms with Crippen LogP contribution >= 0.6 is 69.1 Å². The highest BCUT2D eigenvalue weighted by molar-refractivity contribution is 8.00. The summed E-state index contributed by atoms with van der Waals surface area (Å²) in [5.41, 5.74) is 1.75. The smallest absolute Gasteiger partial charge is 0.321 e. The number of sulfonamides is 3. The van der Waals surface area contributed by atoms with Gasteiger partial charge in [0.05, 0.1) is 43.4 Å². The number of rotatable bonds is 11. The molecule has 358 valence electrons. The van der Waals surface area contributed by atoms with E-state index in [4.69, 9.17) is 21.4 Å². The number of carbonyl (C=O) groups is 3. The van der Waals surface area contributed by atoms with Gasteiger partial charge in [0.15, 0.2) is 5.75 Å². The summed E-state index contributed by atoms with van der Waals surface area (Å²) in [5, 5.41) is 26.6. The summed E-state index contributed by atoms with van der Waals surface area (Å²) in [5.74, 6) is -1.28. The molecule has 0 fully saturated rings. The van der Waals surface area contributed by atoms with Gasteiger partial charge in [-0.25, -0.2) is 16.8 Å². The van der Waals surface area contributed by atoms with Crippen LogP contribution in [0.1, 0.15) is 15.9 Å². The first kappa shape index (κ1) is 50.4. The number of phenols is 1. The summed E-state index contributed by atoms with van der Waals surface area (Å²) in [6.45, 7) is 0. The van der Waals surface area contributed by atoms with Gasteiger partial charge in [-0.05, 0) is 52.5 Å². The molecule has 1 aliphatic heterocycles. The molecule has 4 N–H and O–H groups in total. The van der Waals surface area contributed by atoms with E-state index in [0.29, 0.717) is 49.0 Å². The van der Waals surface area contributed by atoms with Crippen molar-refractivity contribution in [2.75, 3.05) is 20.9 Å². The number of hydrogen-bond acceptors (Lipinski definition) is 16. The zero-order valence-electron chi connectivity index (χ0n) is 35.3. The molecule has 4 heterocycles. The largest absolute Gasteiger partial charge is 0.506 e. The van der Waals surface area contributed by atoms with Crippen molar-refractivity contribution < 1.29 is 54.6 Å². The van der Waals surface area contributed by atoms with E-state index < -0.39 is 36.0 Å². The first-order valence-corrected chi connectivity index (χ1v) is 29.3. The number of anilines is 2. The van der Waals surface area contributed by atoms with Gasteiger partial charge >= 0.3 is 11.9 Å². The highest BCUT2D eigenvalue weighted by Gasteiger charge is 2.27. The number of nitrogens with one attached hydrogen (secondary N) is 2. The van der Waals surface area contributed by atoms with Crippen LogP contribution in [0.3, 0.4) is 0 Å². The first-order chi connectivity index (χ1) is 33.4. The summed E-state index contributed by atoms with van der Waals surface area (Å²) in [7, 11) is -11.2. The number of halogens is 1. The fourth-order valence-corrected chi connectivity index (χ4v) is 14.6. The van der Waals surface area contributed by atoms with Gasteiger partial charge in [0.1, 0.15) is 18.4 Å². The topological polar surface area (TPSA) is 240 Å². The lowest BCUT2D eigenvalue weighted by atomic mass is 9.94. The Morgan fingerprint density at radius 2 is 1.20 bits per heavy atom. The van der Waals surface area contributed by atoms with Gasteiger partial charge in [0, 0.05) is 32.7 Å². The number of ether oxygens (including phenoxy) is 1. The van der Waals surface area contributed by atoms with Gasteiger partial charge in [-0.2, -0.15) is 12.8 Å². The van der Waals surface area contributed by atoms with E-state index in [9.17, 15) is 44.7 Å². The molecular weight excluding hydrogens is 1080 g/mol. The van der Waals surface area contributed by atoms with Crippen LogP contribution < -0.4 is 14.2 Å². The van der Waals surface area contributed by atoms with Gasteiger partial charge in [-0.1, -0.05) is 103 Å². The number of benzene rings is 5. The number of phenolic OH excluding ortho intramolecular Hbond substituents is 1. The maximum absolute atomic E-state index is 12.5. The molecule has 0 bridgehead atoms. The van der Waals surface area contributed by atoms with E-state index in [-0.39, 0.29) is 58.1 Å². The molecule has 0 saturated heterocycles. The number of thiophene rings is 3. The van der Waals surface area contributed by atoms with Crippen LogP contribution in [0.2, 0.25) is 0 Å². The standard InChI is InChI=1S/C16H13NO5S3.C16H11NO4S3.C14H8ClNO3S2/c18-14(19)9-24-13-8-12(10-4-1-2-5-11(10)16(13)20)17-25(21,22)15-6-3-7-23-15;18-14-9-23-13-8-12(17-24(19,20)15-6-3-7-22-15)10-4-1-2-5-11(10)16(13)21-14;15-11-8-12(9-4-1-2-5-10(9)14(11)17)16-21(18,19)13-6-3-7-20-13/h1-8,17,20H,9H2,(H,18,19);1-8,17H,9H2;1-8H. The number of allylic oxidation sites excluding steroid dienone is 2. The zero-order chi connectivity index (χ0) is 49.8. The Hall–Kier alpha value is -6.02. The summed E-state index contributed by atoms with van der Waals surface area (Å²) < 4.78 is 89.5. The third kappa shape index (κ3) is 11.3. The van der Waals surface area contributed by atoms with Gasteiger partial charge in [-0.15, -0.1) is 57.5 Å². The van der Waals surface area contributed by atoms with E-state index in [1.165, 1.54) is 36.0 Å². The Kier molecular flexibility index (Phi) is 15.2. The average molecular weight is 1110 g/mol. The number of aliphatic carboxylic acids is 1. The SMILES string of the molecule is O=C(O)CSc1cc(NS(=O)(=O)c2cccs2)c2ccccc2c1O.O=C1C(Cl)=CC(=NS(=O)(=O)c2cccs2)c2ccccc21.O=C1CSc2cc(NS(=O)(=O)c3cccs3)c3ccccc3c2O1. The van der Waals surface area contributed by atoms with Crippen LogP contribution in [0.15, 0.2) is 175 Å². The molecule has 2 aliphatic rings. The number of fused-ring (bicyclic) bond motifs is 5. The molecule has 70 heavy (non-hydrogen) atoms. The number of esters is 1. The van der Waals surface area contributed by atoms with Gasteiger partial charge in [-0.3, -0.25) is 23.8 Å². The van der Waals surface area contributed by atoms with Crippen LogP contribution in [0.5, 0.6) is 11.5 Å². The molecule has 0 spiro atoms. The highest BCUT2D eigenvalue weighted by Crippen LogP contribution is 2.44. The highest BCUT2D eigenvalue weighted by atomic mass is 35.5. The normalized spacial score (nSPS) is 14.0. The lowest BCUT2D eigenvalue weighted by Crippen LogP contribution is -2.17. The van der Waals surface area contributed by atoms with Crippen molar-refractivity contribution in [1.82, 2.24) is 0 Å². The summed E-state index contributed by atoms with van der Waals surface area (Å²) in [6.07, 6.45) is 1.29. The van der Waals surface area contributed by atoms with Crippen molar-refractivity contribution in [3.63, 3.8) is 0 Å². The Balaban J connectivity index is 0.000000142. The van der Waals surface area contributed by atoms with Crippen molar-refractivity contribution in [2.24, 2.45) is 4.40 Å². The van der Waals surface area contributed by atoms with Gasteiger partial charge in [0.2, 0.25) is 5.78 Å². The van der Waals surface area contributed by atoms with Crippen LogP contribution in [0.25, 0.3) is 21.5 Å². The zero-order valence-corrected chi connectivity index (χ0v) is 42.6. The number of nitrogens with zero attached hydrogens (tertiary/aromatic N) is 1. The summed E-state index contributed by atoms with van der Waals surface area (Å²) in [6, 6.07) is 33.4. The monoisotopic (exact) mass is 1110 g/mol. The number of aromatic hydroxyl groups is 1. The predicted octanol–water partition coefficient (Wildman–Crippen LogP) is 10.5. The van der Waals surface area contributed by atoms with Crippen molar-refractivity contribution in [3.8, 4) is 11.5 Å². The molecule has 0 saturated carbocycles. The maximum atomic E-state index is 12.5. The molecule has 3 aromatic heterocycles. The van der Waals surface area contributed by atoms with Crippen molar-refractivity contribution in [3.05, 3.63) is 160 Å². The predicted molar refractivity (Wildman–Crippen MR) is 277 cm³/mol. The molecule has 1 aliphatic carbocycles. The van der Waals surface area contributed by atoms with Gasteiger partial charge in [0.25, 0.3) is 30.1 Å². The van der Waals surface area contributed by atoms with Crippen molar-refractivity contribution in [2.45, 2.75) is 22.4 Å². The Morgan fingerprint density at radius 1 is 0.686 bits per heavy atom. The molecule has 0 unspecified atom stereocenters. The lowest BCUT2D eigenvalue weighted by molar-refractivity contribution is -0.134. The van der Waals surface area contributed by atoms with Crippen LogP contribution in [-0.2, 0) is 39.7 Å². The molecule has 0 atom stereocenters. The maximum Gasteiger partial charge on any atom is 0.321 e. The van der Waals surface area contributed by atoms with E-state index in [2.05, 4.69) is 13.8 Å². The number of carboxylic acids is 1. The molecular formula is C46H32ClN3O12S8. The number of carbonyl (C=O) groups excluding carboxylic acids is 2. The minimum Gasteiger partial charge on any atom is -0.506 e. The second-order valence-corrected chi connectivity index (χ2v) is 25.3. The number of Topliss-reactive ketones (excluding diaryl/α,β-unsaturated/α-hetero) is 1. The van der Waals surface area contributed by atoms with Crippen LogP contribution in [0, 0.1) is 0 Å². The Bertz CT molecular complexity index is 3730. The van der Waals surface area contributed by atoms with Crippen molar-refractivity contribution in [1.29, 1.82) is 0 Å². The third-order valence-electron chi connectivity index (χ3n) is 9.76. The second-order valence-electron chi connectivity index (χ2n) is 14.4. The lowest BCUT2D eigenvalue weighted by Gasteiger charge is -2.19. The van der Waals surface area contributed by atoms with Gasteiger partial charge < -0.3 is 14.9 Å². The molecule has 15 nitrogen and oxygen atoms in total. The number of thioether (sulfide) groups is 2. The number of carboxylic acid groups (broad SMARTS) is 1. The van der Waals surface area contributed by atoms with Crippen LogP contribution in [-0.4, -0.2) is 70.4 Å². The van der Waals surface area contributed by atoms with E-state index in [0.717, 1.165) is 50.7 Å². The molecule has 5 aromatic carbocycles. The first-order valence-electron chi connectivity index (χ1n) is 19.9. The molecule has 0 amide bonds. The summed E-state index contributed by atoms with van der Waals surface area (Å²) >= 11 is 11.5. The fourth-order valence-electron chi connectivity index (χ4n) is 6.75. The van der Waals surface area contributed by atoms with Crippen molar-refractivity contribution >= 4 is 156 Å². The number of ketones is 1. The molecule has 24 heteroatoms. The Morgan fingerprint density at radius 3 is 1.77 bits per heavy atom. The minimum absolute atomic E-state index is 0.0474. The molecule has 10 rings (SSSR count). The third-order valence-corrected chi connectivity index (χ3v) is 20.2. The molecule has 8 aromatic rings. The molecule has 0 radical (unpaired) electrons. The van der Waals surface area contributed by atoms with Crippen LogP contribution in [0.4, 0.5) is 11.4 Å². The average Bonchev–Trinajstić information content (AvgIpc) is 4.18. The quantitative estimate of drug-likeness (QED) is 0.0408. The van der Waals surface area contributed by atoms with E-state index in [1.54, 1.807) is 101 Å².